The molecule has 94 valence electrons. The standard InChI is InChI=1S/C13H26N2O/c1-3-12(10-14-11-4-5-11)15(8-9-16-2)13-6-7-13/h11-14H,3-10H2,1-2H3. The van der Waals surface area contributed by atoms with Crippen molar-refractivity contribution in [2.45, 2.75) is 57.2 Å². The van der Waals surface area contributed by atoms with E-state index < -0.39 is 0 Å². The molecule has 0 amide bonds. The minimum absolute atomic E-state index is 0.711. The van der Waals surface area contributed by atoms with Crippen LogP contribution in [0.3, 0.4) is 0 Å². The molecule has 1 unspecified atom stereocenters. The van der Waals surface area contributed by atoms with Gasteiger partial charge in [0.25, 0.3) is 0 Å². The Balaban J connectivity index is 1.76. The van der Waals surface area contributed by atoms with Crippen LogP contribution in [0, 0.1) is 0 Å². The summed E-state index contributed by atoms with van der Waals surface area (Å²) in [5.74, 6) is 0. The molecule has 3 heteroatoms. The Kier molecular flexibility index (Phi) is 4.62. The zero-order valence-electron chi connectivity index (χ0n) is 10.7. The van der Waals surface area contributed by atoms with Crippen LogP contribution in [-0.2, 0) is 4.74 Å². The van der Waals surface area contributed by atoms with Crippen LogP contribution in [0.15, 0.2) is 0 Å². The zero-order valence-corrected chi connectivity index (χ0v) is 10.7. The summed E-state index contributed by atoms with van der Waals surface area (Å²) in [5.41, 5.74) is 0. The lowest BCUT2D eigenvalue weighted by atomic mass is 10.2. The Morgan fingerprint density at radius 2 is 2.06 bits per heavy atom. The van der Waals surface area contributed by atoms with Gasteiger partial charge in [0.05, 0.1) is 6.61 Å². The van der Waals surface area contributed by atoms with Gasteiger partial charge in [-0.1, -0.05) is 6.92 Å². The first-order valence-corrected chi connectivity index (χ1v) is 6.83. The van der Waals surface area contributed by atoms with Gasteiger partial charge in [-0.25, -0.2) is 0 Å². The van der Waals surface area contributed by atoms with Crippen LogP contribution >= 0.6 is 0 Å². The van der Waals surface area contributed by atoms with Gasteiger partial charge in [0.1, 0.15) is 0 Å². The Hall–Kier alpha value is -0.120. The molecule has 1 N–H and O–H groups in total. The van der Waals surface area contributed by atoms with E-state index in [4.69, 9.17) is 4.74 Å². The van der Waals surface area contributed by atoms with Gasteiger partial charge >= 0.3 is 0 Å². The second-order valence-electron chi connectivity index (χ2n) is 5.21. The van der Waals surface area contributed by atoms with E-state index in [1.807, 2.05) is 0 Å². The predicted octanol–water partition coefficient (Wildman–Crippen LogP) is 1.63. The van der Waals surface area contributed by atoms with Gasteiger partial charge in [-0.15, -0.1) is 0 Å². The van der Waals surface area contributed by atoms with Crippen molar-refractivity contribution in [1.82, 2.24) is 10.2 Å². The van der Waals surface area contributed by atoms with Crippen LogP contribution in [0.4, 0.5) is 0 Å². The SMILES string of the molecule is CCC(CNC1CC1)N(CCOC)C1CC1. The van der Waals surface area contributed by atoms with Crippen molar-refractivity contribution in [3.8, 4) is 0 Å². The van der Waals surface area contributed by atoms with Gasteiger partial charge in [-0.05, 0) is 32.1 Å². The summed E-state index contributed by atoms with van der Waals surface area (Å²) in [6.07, 6.45) is 6.81. The van der Waals surface area contributed by atoms with Crippen LogP contribution in [0.2, 0.25) is 0 Å². The first kappa shape index (κ1) is 12.3. The summed E-state index contributed by atoms with van der Waals surface area (Å²) in [4.78, 5) is 2.67. The molecule has 0 aromatic carbocycles. The summed E-state index contributed by atoms with van der Waals surface area (Å²) in [6, 6.07) is 2.39. The molecule has 0 saturated heterocycles. The summed E-state index contributed by atoms with van der Waals surface area (Å²) >= 11 is 0. The largest absolute Gasteiger partial charge is 0.383 e. The van der Waals surface area contributed by atoms with Crippen molar-refractivity contribution < 1.29 is 4.74 Å². The Morgan fingerprint density at radius 3 is 2.56 bits per heavy atom. The zero-order chi connectivity index (χ0) is 11.4. The number of rotatable bonds is 9. The van der Waals surface area contributed by atoms with Gasteiger partial charge < -0.3 is 10.1 Å². The quantitative estimate of drug-likeness (QED) is 0.647. The van der Waals surface area contributed by atoms with Gasteiger partial charge in [0.15, 0.2) is 0 Å². The number of hydrogen-bond acceptors (Lipinski definition) is 3. The smallest absolute Gasteiger partial charge is 0.0589 e. The fraction of sp³-hybridized carbons (Fsp3) is 1.00. The number of nitrogens with one attached hydrogen (secondary N) is 1. The number of ether oxygens (including phenoxy) is 1. The molecular weight excluding hydrogens is 200 g/mol. The molecule has 0 spiro atoms. The first-order chi connectivity index (χ1) is 7.85. The molecule has 0 aromatic rings. The Bertz CT molecular complexity index is 202. The molecule has 2 aliphatic rings. The second-order valence-corrected chi connectivity index (χ2v) is 5.21. The lowest BCUT2D eigenvalue weighted by Crippen LogP contribution is -2.45. The third kappa shape index (κ3) is 3.72. The second kappa shape index (κ2) is 5.99. The first-order valence-electron chi connectivity index (χ1n) is 6.83. The van der Waals surface area contributed by atoms with Crippen molar-refractivity contribution >= 4 is 0 Å². The van der Waals surface area contributed by atoms with Gasteiger partial charge in [-0.2, -0.15) is 0 Å². The summed E-state index contributed by atoms with van der Waals surface area (Å²) < 4.78 is 5.22. The van der Waals surface area contributed by atoms with Gasteiger partial charge in [0, 0.05) is 38.3 Å². The highest BCUT2D eigenvalue weighted by Crippen LogP contribution is 2.29. The fourth-order valence-electron chi connectivity index (χ4n) is 2.35. The molecule has 1 atom stereocenters. The molecule has 0 radical (unpaired) electrons. The van der Waals surface area contributed by atoms with Crippen LogP contribution in [-0.4, -0.2) is 49.8 Å². The van der Waals surface area contributed by atoms with E-state index in [-0.39, 0.29) is 0 Å². The molecule has 16 heavy (non-hydrogen) atoms. The molecule has 2 rings (SSSR count). The third-order valence-corrected chi connectivity index (χ3v) is 3.73. The van der Waals surface area contributed by atoms with Crippen molar-refractivity contribution in [2.75, 3.05) is 26.8 Å². The fourth-order valence-corrected chi connectivity index (χ4v) is 2.35. The average molecular weight is 226 g/mol. The lowest BCUT2D eigenvalue weighted by molar-refractivity contribution is 0.110. The van der Waals surface area contributed by atoms with E-state index in [1.165, 1.54) is 38.6 Å². The maximum Gasteiger partial charge on any atom is 0.0589 e. The highest BCUT2D eigenvalue weighted by molar-refractivity contribution is 4.90. The highest BCUT2D eigenvalue weighted by Gasteiger charge is 2.33. The summed E-state index contributed by atoms with van der Waals surface area (Å²) in [6.45, 7) is 5.45. The maximum atomic E-state index is 5.22. The minimum atomic E-state index is 0.711. The lowest BCUT2D eigenvalue weighted by Gasteiger charge is -2.31. The number of methoxy groups -OCH3 is 1. The topological polar surface area (TPSA) is 24.5 Å². The molecule has 2 fully saturated rings. The normalized spacial score (nSPS) is 22.7. The molecule has 0 aromatic heterocycles. The van der Waals surface area contributed by atoms with Crippen LogP contribution < -0.4 is 5.32 Å². The van der Waals surface area contributed by atoms with Crippen LogP contribution in [0.1, 0.15) is 39.0 Å². The summed E-state index contributed by atoms with van der Waals surface area (Å²) in [7, 11) is 1.80. The monoisotopic (exact) mass is 226 g/mol. The van der Waals surface area contributed by atoms with Crippen LogP contribution in [0.5, 0.6) is 0 Å². The van der Waals surface area contributed by atoms with Crippen molar-refractivity contribution in [3.63, 3.8) is 0 Å². The van der Waals surface area contributed by atoms with Crippen molar-refractivity contribution in [1.29, 1.82) is 0 Å². The third-order valence-electron chi connectivity index (χ3n) is 3.73. The molecular formula is C13H26N2O. The van der Waals surface area contributed by atoms with E-state index >= 15 is 0 Å². The molecule has 0 bridgehead atoms. The minimum Gasteiger partial charge on any atom is -0.383 e. The number of hydrogen-bond donors (Lipinski definition) is 1. The van der Waals surface area contributed by atoms with Gasteiger partial charge in [-0.3, -0.25) is 4.90 Å². The average Bonchev–Trinajstić information content (AvgIpc) is 3.16. The van der Waals surface area contributed by atoms with E-state index in [1.54, 1.807) is 7.11 Å². The molecule has 0 heterocycles. The van der Waals surface area contributed by atoms with Crippen LogP contribution in [0.25, 0.3) is 0 Å². The molecule has 0 aliphatic heterocycles. The maximum absolute atomic E-state index is 5.22. The Morgan fingerprint density at radius 1 is 1.31 bits per heavy atom. The molecule has 2 saturated carbocycles. The predicted molar refractivity (Wildman–Crippen MR) is 66.7 cm³/mol. The van der Waals surface area contributed by atoms with Crippen molar-refractivity contribution in [2.24, 2.45) is 0 Å². The number of nitrogens with zero attached hydrogens (tertiary/aromatic N) is 1. The van der Waals surface area contributed by atoms with E-state index in [9.17, 15) is 0 Å². The highest BCUT2D eigenvalue weighted by atomic mass is 16.5. The molecule has 3 nitrogen and oxygen atoms in total. The van der Waals surface area contributed by atoms with E-state index in [2.05, 4.69) is 17.1 Å². The van der Waals surface area contributed by atoms with Gasteiger partial charge in [0.2, 0.25) is 0 Å². The van der Waals surface area contributed by atoms with Crippen molar-refractivity contribution in [3.05, 3.63) is 0 Å². The summed E-state index contributed by atoms with van der Waals surface area (Å²) in [5, 5.41) is 3.66. The van der Waals surface area contributed by atoms with E-state index in [0.29, 0.717) is 6.04 Å². The molecule has 2 aliphatic carbocycles. The Labute approximate surface area is 99.5 Å². The van der Waals surface area contributed by atoms with E-state index in [0.717, 1.165) is 25.2 Å².